The van der Waals surface area contributed by atoms with E-state index in [1.807, 2.05) is 4.90 Å². The van der Waals surface area contributed by atoms with Crippen molar-refractivity contribution in [3.8, 4) is 0 Å². The maximum atomic E-state index is 12.7. The largest absolute Gasteiger partial charge is 0.378 e. The van der Waals surface area contributed by atoms with E-state index < -0.39 is 0 Å². The molecule has 0 radical (unpaired) electrons. The fraction of sp³-hybridized carbons (Fsp3) is 0.688. The molecule has 1 N–H and O–H groups in total. The molecule has 2 fully saturated rings. The molecule has 5 heteroatoms. The second-order valence-electron chi connectivity index (χ2n) is 6.30. The molecule has 2 aliphatic rings. The van der Waals surface area contributed by atoms with Gasteiger partial charge in [-0.05, 0) is 47.6 Å². The van der Waals surface area contributed by atoms with Gasteiger partial charge in [-0.15, -0.1) is 0 Å². The van der Waals surface area contributed by atoms with Crippen molar-refractivity contribution in [3.63, 3.8) is 0 Å². The summed E-state index contributed by atoms with van der Waals surface area (Å²) in [6, 6.07) is 2.04. The molecular weight excluding hydrogens is 284 g/mol. The van der Waals surface area contributed by atoms with Crippen LogP contribution < -0.4 is 5.32 Å². The lowest BCUT2D eigenvalue weighted by Crippen LogP contribution is -2.35. The van der Waals surface area contributed by atoms with E-state index in [2.05, 4.69) is 36.0 Å². The van der Waals surface area contributed by atoms with Gasteiger partial charge >= 0.3 is 0 Å². The average molecular weight is 308 g/mol. The molecule has 1 amide bonds. The lowest BCUT2D eigenvalue weighted by atomic mass is 10.0. The minimum absolute atomic E-state index is 0.0255. The first-order valence-electron chi connectivity index (χ1n) is 7.87. The van der Waals surface area contributed by atoms with Gasteiger partial charge in [0.15, 0.2) is 0 Å². The molecule has 1 aromatic heterocycles. The lowest BCUT2D eigenvalue weighted by Gasteiger charge is -2.24. The zero-order chi connectivity index (χ0) is 14.8. The van der Waals surface area contributed by atoms with E-state index in [4.69, 9.17) is 4.74 Å². The van der Waals surface area contributed by atoms with Gasteiger partial charge < -0.3 is 9.64 Å². The summed E-state index contributed by atoms with van der Waals surface area (Å²) in [6.45, 7) is 5.85. The number of hydrogen-bond donors (Lipinski definition) is 1. The van der Waals surface area contributed by atoms with Crippen LogP contribution in [0.1, 0.15) is 44.8 Å². The molecule has 1 aromatic rings. The Morgan fingerprint density at radius 2 is 2.38 bits per heavy atom. The van der Waals surface area contributed by atoms with Crippen molar-refractivity contribution in [2.45, 2.75) is 51.4 Å². The van der Waals surface area contributed by atoms with Gasteiger partial charge in [0.05, 0.1) is 12.1 Å². The molecule has 2 saturated heterocycles. The highest BCUT2D eigenvalue weighted by atomic mass is 32.1. The van der Waals surface area contributed by atoms with E-state index >= 15 is 0 Å². The molecule has 0 saturated carbocycles. The average Bonchev–Trinajstić information content (AvgIpc) is 3.17. The van der Waals surface area contributed by atoms with Crippen LogP contribution in [-0.4, -0.2) is 36.1 Å². The molecule has 0 aliphatic carbocycles. The van der Waals surface area contributed by atoms with Crippen molar-refractivity contribution in [3.05, 3.63) is 22.4 Å². The third-order valence-electron chi connectivity index (χ3n) is 4.44. The maximum absolute atomic E-state index is 12.7. The van der Waals surface area contributed by atoms with Gasteiger partial charge in [0, 0.05) is 13.2 Å². The molecule has 0 aromatic carbocycles. The first-order valence-corrected chi connectivity index (χ1v) is 8.81. The second kappa shape index (κ2) is 6.46. The number of rotatable bonds is 5. The van der Waals surface area contributed by atoms with Crippen LogP contribution in [0.4, 0.5) is 0 Å². The van der Waals surface area contributed by atoms with E-state index in [-0.39, 0.29) is 18.1 Å². The third-order valence-corrected chi connectivity index (χ3v) is 5.14. The van der Waals surface area contributed by atoms with E-state index in [1.165, 1.54) is 5.56 Å². The number of amides is 1. The van der Waals surface area contributed by atoms with E-state index in [0.29, 0.717) is 12.0 Å². The molecular formula is C16H24N2O2S. The maximum Gasteiger partial charge on any atom is 0.241 e. The minimum atomic E-state index is -0.0700. The van der Waals surface area contributed by atoms with Crippen molar-refractivity contribution >= 4 is 17.2 Å². The minimum Gasteiger partial charge on any atom is -0.378 e. The van der Waals surface area contributed by atoms with Crippen molar-refractivity contribution in [1.29, 1.82) is 0 Å². The van der Waals surface area contributed by atoms with Crippen molar-refractivity contribution in [1.82, 2.24) is 10.2 Å². The van der Waals surface area contributed by atoms with E-state index in [9.17, 15) is 4.79 Å². The van der Waals surface area contributed by atoms with Crippen LogP contribution in [0.25, 0.3) is 0 Å². The first-order chi connectivity index (χ1) is 10.2. The fourth-order valence-corrected chi connectivity index (χ4v) is 3.89. The van der Waals surface area contributed by atoms with E-state index in [1.54, 1.807) is 11.3 Å². The topological polar surface area (TPSA) is 41.6 Å². The number of nitrogens with zero attached hydrogens (tertiary/aromatic N) is 1. The standard InChI is InChI=1S/C16H24N2O2S/c1-11(2)14-16(19)18(7-5-13-4-3-8-20-13)15(17-14)12-6-9-21-10-12/h6,9-11,13-15,17H,3-5,7-8H2,1-2H3. The zero-order valence-corrected chi connectivity index (χ0v) is 13.6. The molecule has 4 nitrogen and oxygen atoms in total. The number of carbonyl (C=O) groups excluding carboxylic acids is 1. The molecule has 21 heavy (non-hydrogen) atoms. The van der Waals surface area contributed by atoms with Gasteiger partial charge in [-0.1, -0.05) is 13.8 Å². The Labute approximate surface area is 130 Å². The van der Waals surface area contributed by atoms with Crippen molar-refractivity contribution in [2.24, 2.45) is 5.92 Å². The highest BCUT2D eigenvalue weighted by molar-refractivity contribution is 7.07. The van der Waals surface area contributed by atoms with Gasteiger partial charge in [-0.25, -0.2) is 0 Å². The Kier molecular flexibility index (Phi) is 4.62. The number of carbonyl (C=O) groups is 1. The molecule has 3 unspecified atom stereocenters. The smallest absolute Gasteiger partial charge is 0.241 e. The molecule has 2 aliphatic heterocycles. The fourth-order valence-electron chi connectivity index (χ4n) is 3.22. The molecule has 0 bridgehead atoms. The SMILES string of the molecule is CC(C)C1NC(c2ccsc2)N(CCC2CCCO2)C1=O. The quantitative estimate of drug-likeness (QED) is 0.909. The summed E-state index contributed by atoms with van der Waals surface area (Å²) in [7, 11) is 0. The van der Waals surface area contributed by atoms with Crippen LogP contribution in [0.5, 0.6) is 0 Å². The Morgan fingerprint density at radius 1 is 1.52 bits per heavy atom. The Balaban J connectivity index is 1.71. The molecule has 116 valence electrons. The van der Waals surface area contributed by atoms with E-state index in [0.717, 1.165) is 32.4 Å². The lowest BCUT2D eigenvalue weighted by molar-refractivity contribution is -0.131. The van der Waals surface area contributed by atoms with Gasteiger partial charge in [0.2, 0.25) is 5.91 Å². The van der Waals surface area contributed by atoms with Crippen LogP contribution in [0.2, 0.25) is 0 Å². The summed E-state index contributed by atoms with van der Waals surface area (Å²) in [5.74, 6) is 0.547. The number of hydrogen-bond acceptors (Lipinski definition) is 4. The molecule has 3 atom stereocenters. The van der Waals surface area contributed by atoms with Crippen LogP contribution in [0.3, 0.4) is 0 Å². The summed E-state index contributed by atoms with van der Waals surface area (Å²) in [4.78, 5) is 14.7. The summed E-state index contributed by atoms with van der Waals surface area (Å²) < 4.78 is 5.69. The Bertz CT molecular complexity index is 469. The summed E-state index contributed by atoms with van der Waals surface area (Å²) >= 11 is 1.68. The highest BCUT2D eigenvalue weighted by Gasteiger charge is 2.41. The van der Waals surface area contributed by atoms with Gasteiger partial charge in [0.25, 0.3) is 0 Å². The zero-order valence-electron chi connectivity index (χ0n) is 12.7. The van der Waals surface area contributed by atoms with Gasteiger partial charge in [-0.3, -0.25) is 10.1 Å². The summed E-state index contributed by atoms with van der Waals surface area (Å²) in [6.07, 6.45) is 3.58. The van der Waals surface area contributed by atoms with Crippen LogP contribution in [0.15, 0.2) is 16.8 Å². The Hall–Kier alpha value is -0.910. The number of nitrogens with one attached hydrogen (secondary N) is 1. The van der Waals surface area contributed by atoms with Crippen molar-refractivity contribution in [2.75, 3.05) is 13.2 Å². The highest BCUT2D eigenvalue weighted by Crippen LogP contribution is 2.30. The van der Waals surface area contributed by atoms with Crippen LogP contribution in [-0.2, 0) is 9.53 Å². The summed E-state index contributed by atoms with van der Waals surface area (Å²) in [5, 5.41) is 7.71. The molecule has 0 spiro atoms. The predicted molar refractivity (Wildman–Crippen MR) is 84.1 cm³/mol. The van der Waals surface area contributed by atoms with Gasteiger partial charge in [0.1, 0.15) is 6.17 Å². The monoisotopic (exact) mass is 308 g/mol. The molecule has 3 heterocycles. The van der Waals surface area contributed by atoms with Crippen LogP contribution in [0, 0.1) is 5.92 Å². The van der Waals surface area contributed by atoms with Crippen LogP contribution >= 0.6 is 11.3 Å². The predicted octanol–water partition coefficient (Wildman–Crippen LogP) is 2.77. The normalized spacial score (nSPS) is 29.8. The van der Waals surface area contributed by atoms with Crippen molar-refractivity contribution < 1.29 is 9.53 Å². The second-order valence-corrected chi connectivity index (χ2v) is 7.08. The van der Waals surface area contributed by atoms with Gasteiger partial charge in [-0.2, -0.15) is 11.3 Å². The molecule has 3 rings (SSSR count). The first kappa shape index (κ1) is 15.0. The number of ether oxygens (including phenoxy) is 1. The Morgan fingerprint density at radius 3 is 3.00 bits per heavy atom. The number of thiophene rings is 1. The summed E-state index contributed by atoms with van der Waals surface area (Å²) in [5.41, 5.74) is 1.20. The third kappa shape index (κ3) is 3.15.